The van der Waals surface area contributed by atoms with Gasteiger partial charge in [0, 0.05) is 17.1 Å². The number of rotatable bonds is 6. The molecule has 0 radical (unpaired) electrons. The van der Waals surface area contributed by atoms with Gasteiger partial charge in [-0.3, -0.25) is 0 Å². The van der Waals surface area contributed by atoms with Gasteiger partial charge in [-0.1, -0.05) is 163 Å². The van der Waals surface area contributed by atoms with E-state index in [4.69, 9.17) is 0 Å². The van der Waals surface area contributed by atoms with Gasteiger partial charge in [0.25, 0.3) is 0 Å². The Morgan fingerprint density at radius 2 is 0.774 bits per heavy atom. The van der Waals surface area contributed by atoms with Crippen molar-refractivity contribution < 1.29 is 0 Å². The van der Waals surface area contributed by atoms with Crippen LogP contribution in [-0.4, -0.2) is 0 Å². The van der Waals surface area contributed by atoms with Crippen LogP contribution in [0.4, 0.5) is 17.1 Å². The van der Waals surface area contributed by atoms with E-state index in [0.717, 1.165) is 17.1 Å². The minimum absolute atomic E-state index is 1.12. The summed E-state index contributed by atoms with van der Waals surface area (Å²) in [6.07, 6.45) is 13.4. The highest BCUT2D eigenvalue weighted by molar-refractivity contribution is 6.04. The van der Waals surface area contributed by atoms with Crippen LogP contribution in [-0.2, 0) is 0 Å². The van der Waals surface area contributed by atoms with Gasteiger partial charge in [-0.15, -0.1) is 0 Å². The molecule has 0 amide bonds. The van der Waals surface area contributed by atoms with E-state index in [1.54, 1.807) is 5.57 Å². The molecule has 0 bridgehead atoms. The molecule has 7 aromatic rings. The van der Waals surface area contributed by atoms with Crippen molar-refractivity contribution in [3.63, 3.8) is 0 Å². The summed E-state index contributed by atoms with van der Waals surface area (Å²) in [4.78, 5) is 2.38. The van der Waals surface area contributed by atoms with Gasteiger partial charge in [0.05, 0.1) is 0 Å². The zero-order valence-electron chi connectivity index (χ0n) is 30.3. The normalized spacial score (nSPS) is 13.3. The molecule has 2 aliphatic rings. The van der Waals surface area contributed by atoms with Gasteiger partial charge in [0.2, 0.25) is 0 Å². The highest BCUT2D eigenvalue weighted by Crippen LogP contribution is 2.49. The van der Waals surface area contributed by atoms with E-state index in [1.165, 1.54) is 98.9 Å². The van der Waals surface area contributed by atoms with E-state index >= 15 is 0 Å². The zero-order chi connectivity index (χ0) is 35.6. The summed E-state index contributed by atoms with van der Waals surface area (Å²) in [6, 6.07) is 60.3. The highest BCUT2D eigenvalue weighted by Gasteiger charge is 2.23. The van der Waals surface area contributed by atoms with Gasteiger partial charge < -0.3 is 4.90 Å². The van der Waals surface area contributed by atoms with Crippen molar-refractivity contribution in [1.29, 1.82) is 0 Å². The number of anilines is 3. The molecule has 0 aromatic heterocycles. The first-order valence-electron chi connectivity index (χ1n) is 19.1. The zero-order valence-corrected chi connectivity index (χ0v) is 30.3. The van der Waals surface area contributed by atoms with Crippen LogP contribution in [0, 0.1) is 6.92 Å². The van der Waals surface area contributed by atoms with Gasteiger partial charge in [-0.05, 0) is 130 Å². The fraction of sp³-hybridized carbons (Fsp3) is 0.115. The fourth-order valence-corrected chi connectivity index (χ4v) is 8.14. The van der Waals surface area contributed by atoms with E-state index in [0.29, 0.717) is 0 Å². The fourth-order valence-electron chi connectivity index (χ4n) is 8.14. The summed E-state index contributed by atoms with van der Waals surface area (Å²) in [5.74, 6) is 0. The van der Waals surface area contributed by atoms with Crippen LogP contribution < -0.4 is 4.90 Å². The van der Waals surface area contributed by atoms with Crippen LogP contribution in [0.5, 0.6) is 0 Å². The first-order chi connectivity index (χ1) is 26.2. The van der Waals surface area contributed by atoms with Gasteiger partial charge in [-0.25, -0.2) is 0 Å². The molecule has 0 saturated heterocycles. The standard InChI is InChI=1S/C52H43N/c1-37-19-29-42(30-20-37)53(43-31-27-39(28-32-43)22-21-38-23-25-41(26-24-38)35-40-11-3-2-4-12-40)44-33-34-51-49-17-8-7-15-47(49)45-13-5-6-14-46(45)48-16-9-10-18-50(48)52(51)36-44/h5-10,13-36H,2-4,11-12H2,1H3/b22-21+,47-45?,48-46?,51-49?,52-50?. The smallest absolute Gasteiger partial charge is 0.0468 e. The summed E-state index contributed by atoms with van der Waals surface area (Å²) in [5, 5.41) is 0. The molecule has 1 fully saturated rings. The van der Waals surface area contributed by atoms with Crippen molar-refractivity contribution >= 4 is 35.3 Å². The topological polar surface area (TPSA) is 3.24 Å². The molecule has 1 heteroatoms. The molecule has 0 spiro atoms. The molecule has 0 heterocycles. The Bertz CT molecular complexity index is 2450. The third-order valence-corrected chi connectivity index (χ3v) is 10.9. The van der Waals surface area contributed by atoms with Crippen molar-refractivity contribution in [2.24, 2.45) is 0 Å². The second kappa shape index (κ2) is 14.4. The molecular weight excluding hydrogens is 639 g/mol. The quantitative estimate of drug-likeness (QED) is 0.158. The summed E-state index contributed by atoms with van der Waals surface area (Å²) in [5.41, 5.74) is 19.9. The highest BCUT2D eigenvalue weighted by atomic mass is 15.1. The van der Waals surface area contributed by atoms with E-state index in [1.807, 2.05) is 0 Å². The van der Waals surface area contributed by atoms with Crippen molar-refractivity contribution in [1.82, 2.24) is 0 Å². The maximum absolute atomic E-state index is 2.40. The van der Waals surface area contributed by atoms with Crippen molar-refractivity contribution in [2.75, 3.05) is 4.90 Å². The van der Waals surface area contributed by atoms with Crippen LogP contribution in [0.2, 0.25) is 0 Å². The monoisotopic (exact) mass is 681 g/mol. The van der Waals surface area contributed by atoms with Crippen molar-refractivity contribution in [3.05, 3.63) is 192 Å². The Morgan fingerprint density at radius 3 is 1.28 bits per heavy atom. The molecule has 0 N–H and O–H groups in total. The molecule has 7 aromatic carbocycles. The second-order valence-corrected chi connectivity index (χ2v) is 14.5. The number of benzene rings is 7. The molecule has 0 atom stereocenters. The van der Waals surface area contributed by atoms with Crippen molar-refractivity contribution in [2.45, 2.75) is 39.0 Å². The Labute approximate surface area is 314 Å². The Hall–Kier alpha value is -6.18. The molecule has 53 heavy (non-hydrogen) atoms. The molecule has 0 unspecified atom stereocenters. The van der Waals surface area contributed by atoms with Crippen LogP contribution in [0.1, 0.15) is 54.4 Å². The number of allylic oxidation sites excluding steroid dienone is 1. The van der Waals surface area contributed by atoms with Gasteiger partial charge in [0.15, 0.2) is 0 Å². The Morgan fingerprint density at radius 1 is 0.377 bits per heavy atom. The lowest BCUT2D eigenvalue weighted by Gasteiger charge is -2.28. The van der Waals surface area contributed by atoms with E-state index < -0.39 is 0 Å². The molecule has 0 aliphatic heterocycles. The van der Waals surface area contributed by atoms with E-state index in [-0.39, 0.29) is 0 Å². The van der Waals surface area contributed by atoms with Gasteiger partial charge in [-0.2, -0.15) is 0 Å². The second-order valence-electron chi connectivity index (χ2n) is 14.5. The molecule has 1 nitrogen and oxygen atoms in total. The lowest BCUT2D eigenvalue weighted by Crippen LogP contribution is -2.10. The summed E-state index contributed by atoms with van der Waals surface area (Å²) in [7, 11) is 0. The first-order valence-corrected chi connectivity index (χ1v) is 19.1. The average molecular weight is 682 g/mol. The molecule has 9 rings (SSSR count). The van der Waals surface area contributed by atoms with Gasteiger partial charge in [0.1, 0.15) is 0 Å². The summed E-state index contributed by atoms with van der Waals surface area (Å²) >= 11 is 0. The predicted molar refractivity (Wildman–Crippen MR) is 228 cm³/mol. The molecule has 1 saturated carbocycles. The summed E-state index contributed by atoms with van der Waals surface area (Å²) in [6.45, 7) is 2.15. The first kappa shape index (κ1) is 32.7. The SMILES string of the molecule is Cc1ccc(N(c2ccc(/C=C/c3ccc(C=C4CCCCC4)cc3)cc2)c2ccc3c(c2)-c2ccccc2-c2ccccc2-c2ccccc2-3)cc1. The Kier molecular flexibility index (Phi) is 8.92. The van der Waals surface area contributed by atoms with Gasteiger partial charge >= 0.3 is 0 Å². The molecule has 2 aliphatic carbocycles. The third-order valence-electron chi connectivity index (χ3n) is 10.9. The van der Waals surface area contributed by atoms with E-state index in [2.05, 4.69) is 194 Å². The minimum Gasteiger partial charge on any atom is -0.310 e. The van der Waals surface area contributed by atoms with Crippen molar-refractivity contribution in [3.8, 4) is 44.5 Å². The number of fused-ring (bicyclic) bond motifs is 8. The predicted octanol–water partition coefficient (Wildman–Crippen LogP) is 15.0. The maximum atomic E-state index is 2.40. The number of hydrogen-bond donors (Lipinski definition) is 0. The van der Waals surface area contributed by atoms with Crippen LogP contribution in [0.15, 0.2) is 169 Å². The van der Waals surface area contributed by atoms with Crippen LogP contribution >= 0.6 is 0 Å². The van der Waals surface area contributed by atoms with Crippen LogP contribution in [0.3, 0.4) is 0 Å². The lowest BCUT2D eigenvalue weighted by molar-refractivity contribution is 0.602. The largest absolute Gasteiger partial charge is 0.310 e. The maximum Gasteiger partial charge on any atom is 0.0468 e. The molecular formula is C52H43N. The van der Waals surface area contributed by atoms with Crippen LogP contribution in [0.25, 0.3) is 62.7 Å². The number of aryl methyl sites for hydroxylation is 1. The average Bonchev–Trinajstić information content (AvgIpc) is 3.22. The number of nitrogens with zero attached hydrogens (tertiary/aromatic N) is 1. The van der Waals surface area contributed by atoms with E-state index in [9.17, 15) is 0 Å². The number of hydrogen-bond acceptors (Lipinski definition) is 1. The lowest BCUT2D eigenvalue weighted by atomic mass is 9.81. The molecule has 256 valence electrons. The Balaban J connectivity index is 1.09. The summed E-state index contributed by atoms with van der Waals surface area (Å²) < 4.78 is 0. The minimum atomic E-state index is 1.12. The third kappa shape index (κ3) is 6.67.